The summed E-state index contributed by atoms with van der Waals surface area (Å²) in [5.41, 5.74) is 0. The lowest BCUT2D eigenvalue weighted by Gasteiger charge is -2.14. The van der Waals surface area contributed by atoms with Crippen molar-refractivity contribution in [1.29, 1.82) is 0 Å². The average Bonchev–Trinajstić information content (AvgIpc) is 2.26. The molecule has 0 bridgehead atoms. The Hall–Kier alpha value is -0.663. The number of hydrogen-bond donors (Lipinski definition) is 0. The van der Waals surface area contributed by atoms with Gasteiger partial charge in [0.05, 0.1) is 15.5 Å². The predicted molar refractivity (Wildman–Crippen MR) is 83.1 cm³/mol. The molecule has 108 valence electrons. The van der Waals surface area contributed by atoms with Crippen LogP contribution in [0.3, 0.4) is 0 Å². The van der Waals surface area contributed by atoms with Gasteiger partial charge < -0.3 is 0 Å². The second-order valence-corrected chi connectivity index (χ2v) is 15.7. The summed E-state index contributed by atoms with van der Waals surface area (Å²) >= 11 is 0. The zero-order valence-corrected chi connectivity index (χ0v) is 14.4. The maximum atomic E-state index is 12.4. The lowest BCUT2D eigenvalue weighted by atomic mass is 10.4. The molecule has 0 amide bonds. The van der Waals surface area contributed by atoms with Crippen LogP contribution in [-0.4, -0.2) is 32.7 Å². The molecule has 0 aromatic heterocycles. The third kappa shape index (κ3) is 5.88. The fourth-order valence-electron chi connectivity index (χ4n) is 1.41. The quantitative estimate of drug-likeness (QED) is 0.784. The summed E-state index contributed by atoms with van der Waals surface area (Å²) in [7, 11) is -7.97. The molecule has 0 aliphatic carbocycles. The second kappa shape index (κ2) is 5.76. The molecule has 1 atom stereocenters. The monoisotopic (exact) mass is 319 g/mol. The first-order chi connectivity index (χ1) is 8.52. The van der Waals surface area contributed by atoms with Crippen LogP contribution in [0, 0.1) is 0 Å². The summed E-state index contributed by atoms with van der Waals surface area (Å²) in [4.78, 5) is 0.451. The number of sulfonamides is 1. The van der Waals surface area contributed by atoms with Gasteiger partial charge in [-0.15, -0.1) is 3.77 Å². The van der Waals surface area contributed by atoms with Crippen molar-refractivity contribution in [3.63, 3.8) is 0 Å². The summed E-state index contributed by atoms with van der Waals surface area (Å²) in [6.07, 6.45) is 1.37. The van der Waals surface area contributed by atoms with Gasteiger partial charge in [0.25, 0.3) is 10.0 Å². The fourth-order valence-corrected chi connectivity index (χ4v) is 7.92. The first-order valence-electron chi connectivity index (χ1n) is 6.03. The SMILES string of the molecule is C[Si](C)(C)CCS(=O)(=O)N=S(C)(=O)c1ccccc1. The standard InChI is InChI=1S/C12H21NO3S2Si/c1-17(14,12-8-6-5-7-9-12)13-18(15,16)10-11-19(2,3)4/h5-9H,10-11H2,1-4H3. The van der Waals surface area contributed by atoms with E-state index in [0.29, 0.717) is 10.9 Å². The van der Waals surface area contributed by atoms with E-state index in [-0.39, 0.29) is 5.75 Å². The molecule has 0 N–H and O–H groups in total. The highest BCUT2D eigenvalue weighted by Gasteiger charge is 2.20. The summed E-state index contributed by atoms with van der Waals surface area (Å²) in [5.74, 6) is -0.0135. The third-order valence-corrected chi connectivity index (χ3v) is 8.57. The topological polar surface area (TPSA) is 63.6 Å². The smallest absolute Gasteiger partial charge is 0.244 e. The van der Waals surface area contributed by atoms with Gasteiger partial charge in [-0.25, -0.2) is 12.6 Å². The van der Waals surface area contributed by atoms with E-state index in [2.05, 4.69) is 23.4 Å². The Labute approximate surface area is 117 Å². The molecule has 0 saturated heterocycles. The zero-order chi connectivity index (χ0) is 14.7. The van der Waals surface area contributed by atoms with Gasteiger partial charge in [-0.3, -0.25) is 0 Å². The molecule has 0 heterocycles. The Balaban J connectivity index is 3.04. The van der Waals surface area contributed by atoms with Crippen LogP contribution in [-0.2, 0) is 19.8 Å². The zero-order valence-electron chi connectivity index (χ0n) is 11.8. The maximum absolute atomic E-state index is 12.4. The molecular weight excluding hydrogens is 298 g/mol. The van der Waals surface area contributed by atoms with E-state index in [1.807, 2.05) is 0 Å². The van der Waals surface area contributed by atoms with Gasteiger partial charge in [-0.2, -0.15) is 0 Å². The van der Waals surface area contributed by atoms with Crippen molar-refractivity contribution < 1.29 is 12.6 Å². The Morgan fingerprint density at radius 3 is 2.05 bits per heavy atom. The molecule has 19 heavy (non-hydrogen) atoms. The van der Waals surface area contributed by atoms with E-state index >= 15 is 0 Å². The predicted octanol–water partition coefficient (Wildman–Crippen LogP) is 2.81. The van der Waals surface area contributed by atoms with Gasteiger partial charge in [0, 0.05) is 19.2 Å². The van der Waals surface area contributed by atoms with Gasteiger partial charge in [0.2, 0.25) is 0 Å². The fraction of sp³-hybridized carbons (Fsp3) is 0.500. The molecule has 7 heteroatoms. The van der Waals surface area contributed by atoms with Crippen molar-refractivity contribution in [1.82, 2.24) is 0 Å². The van der Waals surface area contributed by atoms with Crippen LogP contribution in [0.4, 0.5) is 0 Å². The lowest BCUT2D eigenvalue weighted by molar-refractivity contribution is 0.599. The largest absolute Gasteiger partial charge is 0.260 e. The molecule has 0 radical (unpaired) electrons. The molecule has 1 rings (SSSR count). The van der Waals surface area contributed by atoms with Crippen molar-refractivity contribution in [2.24, 2.45) is 3.77 Å². The Bertz CT molecular complexity index is 639. The number of rotatable bonds is 5. The highest BCUT2D eigenvalue weighted by atomic mass is 32.3. The number of nitrogens with zero attached hydrogens (tertiary/aromatic N) is 1. The van der Waals surface area contributed by atoms with Crippen LogP contribution in [0.15, 0.2) is 39.0 Å². The summed E-state index contributed by atoms with van der Waals surface area (Å²) in [6, 6.07) is 9.15. The number of benzene rings is 1. The van der Waals surface area contributed by atoms with Crippen molar-refractivity contribution >= 4 is 27.8 Å². The molecule has 0 aliphatic rings. The van der Waals surface area contributed by atoms with Crippen molar-refractivity contribution in [3.8, 4) is 0 Å². The minimum absolute atomic E-state index is 0.0135. The molecule has 1 aromatic carbocycles. The van der Waals surface area contributed by atoms with Gasteiger partial charge in [-0.05, 0) is 18.2 Å². The minimum Gasteiger partial charge on any atom is -0.244 e. The van der Waals surface area contributed by atoms with Crippen molar-refractivity contribution in [3.05, 3.63) is 30.3 Å². The van der Waals surface area contributed by atoms with Crippen LogP contribution in [0.5, 0.6) is 0 Å². The van der Waals surface area contributed by atoms with Crippen LogP contribution in [0.1, 0.15) is 0 Å². The summed E-state index contributed by atoms with van der Waals surface area (Å²) in [6.45, 7) is 6.30. The average molecular weight is 320 g/mol. The molecule has 0 spiro atoms. The molecule has 1 unspecified atom stereocenters. The Kier molecular flexibility index (Phi) is 4.97. The Morgan fingerprint density at radius 2 is 1.58 bits per heavy atom. The lowest BCUT2D eigenvalue weighted by Crippen LogP contribution is -2.23. The number of hydrogen-bond acceptors (Lipinski definition) is 3. The third-order valence-electron chi connectivity index (χ3n) is 2.55. The van der Waals surface area contributed by atoms with Crippen LogP contribution in [0.25, 0.3) is 0 Å². The normalized spacial score (nSPS) is 15.8. The van der Waals surface area contributed by atoms with E-state index in [0.717, 1.165) is 0 Å². The van der Waals surface area contributed by atoms with Crippen molar-refractivity contribution in [2.75, 3.05) is 12.0 Å². The molecule has 1 aromatic rings. The Morgan fingerprint density at radius 1 is 1.05 bits per heavy atom. The molecule has 0 aliphatic heterocycles. The summed E-state index contributed by atoms with van der Waals surface area (Å²) < 4.78 is 39.9. The maximum Gasteiger partial charge on any atom is 0.260 e. The first-order valence-corrected chi connectivity index (χ1v) is 13.3. The van der Waals surface area contributed by atoms with E-state index < -0.39 is 27.8 Å². The van der Waals surface area contributed by atoms with Gasteiger partial charge in [0.15, 0.2) is 0 Å². The van der Waals surface area contributed by atoms with Gasteiger partial charge in [0.1, 0.15) is 0 Å². The molecule has 4 nitrogen and oxygen atoms in total. The minimum atomic E-state index is -3.64. The van der Waals surface area contributed by atoms with Crippen LogP contribution < -0.4 is 0 Å². The van der Waals surface area contributed by atoms with Crippen molar-refractivity contribution in [2.45, 2.75) is 30.6 Å². The van der Waals surface area contributed by atoms with Crippen LogP contribution in [0.2, 0.25) is 25.7 Å². The molecular formula is C12H21NO3S2Si. The van der Waals surface area contributed by atoms with Crippen LogP contribution >= 0.6 is 0 Å². The van der Waals surface area contributed by atoms with E-state index in [1.54, 1.807) is 30.3 Å². The van der Waals surface area contributed by atoms with E-state index in [1.165, 1.54) is 6.26 Å². The van der Waals surface area contributed by atoms with E-state index in [9.17, 15) is 12.6 Å². The first kappa shape index (κ1) is 16.4. The molecule has 0 fully saturated rings. The summed E-state index contributed by atoms with van der Waals surface area (Å²) in [5, 5.41) is 0. The molecule has 0 saturated carbocycles. The van der Waals surface area contributed by atoms with E-state index in [4.69, 9.17) is 0 Å². The highest BCUT2D eigenvalue weighted by molar-refractivity contribution is 8.03. The second-order valence-electron chi connectivity index (χ2n) is 5.79. The van der Waals surface area contributed by atoms with Gasteiger partial charge in [-0.1, -0.05) is 37.8 Å². The highest BCUT2D eigenvalue weighted by Crippen LogP contribution is 2.16. The van der Waals surface area contributed by atoms with Gasteiger partial charge >= 0.3 is 0 Å².